The topological polar surface area (TPSA) is 12.2 Å². The van der Waals surface area contributed by atoms with Crippen LogP contribution in [0.3, 0.4) is 0 Å². The monoisotopic (exact) mass is 342 g/mol. The molecule has 0 fully saturated rings. The molecule has 0 aliphatic heterocycles. The van der Waals surface area contributed by atoms with E-state index in [4.69, 9.17) is 4.74 Å². The van der Waals surface area contributed by atoms with Crippen LogP contribution in [0.1, 0.15) is 77.5 Å². The summed E-state index contributed by atoms with van der Waals surface area (Å²) in [5, 5.41) is 0. The fourth-order valence-electron chi connectivity index (χ4n) is 3.35. The SMILES string of the molecule is C/C=C\[N+](=C(CC)c1c(/C(C)=C/C)cccc1[C@H](C)COC)C(C)C. The fourth-order valence-corrected chi connectivity index (χ4v) is 3.35. The summed E-state index contributed by atoms with van der Waals surface area (Å²) in [4.78, 5) is 0. The Bertz CT molecular complexity index is 650. The lowest BCUT2D eigenvalue weighted by molar-refractivity contribution is -0.492. The molecule has 0 amide bonds. The molecule has 2 nitrogen and oxygen atoms in total. The first kappa shape index (κ1) is 21.4. The predicted octanol–water partition coefficient (Wildman–Crippen LogP) is 6.01. The number of ether oxygens (including phenoxy) is 1. The summed E-state index contributed by atoms with van der Waals surface area (Å²) >= 11 is 0. The highest BCUT2D eigenvalue weighted by Gasteiger charge is 2.25. The van der Waals surface area contributed by atoms with Gasteiger partial charge in [-0.15, -0.1) is 0 Å². The Morgan fingerprint density at radius 2 is 1.88 bits per heavy atom. The highest BCUT2D eigenvalue weighted by atomic mass is 16.5. The van der Waals surface area contributed by atoms with Crippen LogP contribution in [0.5, 0.6) is 0 Å². The first-order valence-corrected chi connectivity index (χ1v) is 9.45. The zero-order valence-electron chi connectivity index (χ0n) is 17.4. The largest absolute Gasteiger partial charge is 0.384 e. The van der Waals surface area contributed by atoms with Crippen molar-refractivity contribution in [3.8, 4) is 0 Å². The average molecular weight is 343 g/mol. The maximum Gasteiger partial charge on any atom is 0.189 e. The molecule has 1 atom stereocenters. The van der Waals surface area contributed by atoms with E-state index in [9.17, 15) is 0 Å². The number of nitrogens with zero attached hydrogens (tertiary/aromatic N) is 1. The van der Waals surface area contributed by atoms with Gasteiger partial charge in [-0.3, -0.25) is 0 Å². The molecule has 0 aliphatic rings. The number of rotatable bonds is 8. The lowest BCUT2D eigenvalue weighted by Gasteiger charge is -2.20. The zero-order valence-corrected chi connectivity index (χ0v) is 17.4. The van der Waals surface area contributed by atoms with Gasteiger partial charge in [0.25, 0.3) is 0 Å². The molecule has 0 saturated heterocycles. The summed E-state index contributed by atoms with van der Waals surface area (Å²) in [5.74, 6) is 0.353. The molecule has 0 N–H and O–H groups in total. The minimum Gasteiger partial charge on any atom is -0.384 e. The van der Waals surface area contributed by atoms with E-state index in [0.29, 0.717) is 12.0 Å². The number of hydrogen-bond acceptors (Lipinski definition) is 1. The molecule has 1 aromatic carbocycles. The standard InChI is InChI=1S/C23H36NO/c1-9-15-24(17(4)5)22(11-3)23-20(18(6)10-2)13-12-14-21(23)19(7)16-25-8/h9-10,12-15,17,19H,11,16H2,1-8H3/q+1/b15-9-,18-10+,24-22?/t19-/m1/s1. The third kappa shape index (κ3) is 5.15. The van der Waals surface area contributed by atoms with Crippen LogP contribution >= 0.6 is 0 Å². The van der Waals surface area contributed by atoms with Crippen molar-refractivity contribution in [1.82, 2.24) is 0 Å². The van der Waals surface area contributed by atoms with Crippen LogP contribution in [-0.4, -0.2) is 30.0 Å². The predicted molar refractivity (Wildman–Crippen MR) is 111 cm³/mol. The molecule has 1 rings (SSSR count). The van der Waals surface area contributed by atoms with Gasteiger partial charge in [0.1, 0.15) is 0 Å². The molecular formula is C23H36NO+. The highest BCUT2D eigenvalue weighted by molar-refractivity contribution is 6.02. The summed E-state index contributed by atoms with van der Waals surface area (Å²) in [5.41, 5.74) is 6.76. The van der Waals surface area contributed by atoms with E-state index in [0.717, 1.165) is 13.0 Å². The summed E-state index contributed by atoms with van der Waals surface area (Å²) in [7, 11) is 1.78. The Kier molecular flexibility index (Phi) is 8.85. The van der Waals surface area contributed by atoms with Crippen LogP contribution < -0.4 is 0 Å². The first-order chi connectivity index (χ1) is 11.9. The Morgan fingerprint density at radius 3 is 2.36 bits per heavy atom. The molecule has 0 saturated carbocycles. The molecule has 0 heterocycles. The van der Waals surface area contributed by atoms with Crippen molar-refractivity contribution in [3.05, 3.63) is 53.2 Å². The van der Waals surface area contributed by atoms with Gasteiger partial charge >= 0.3 is 0 Å². The fraction of sp³-hybridized carbons (Fsp3) is 0.522. The van der Waals surface area contributed by atoms with Crippen molar-refractivity contribution in [3.63, 3.8) is 0 Å². The lowest BCUT2D eigenvalue weighted by Crippen LogP contribution is -2.26. The van der Waals surface area contributed by atoms with Crippen molar-refractivity contribution in [1.29, 1.82) is 0 Å². The molecule has 25 heavy (non-hydrogen) atoms. The van der Waals surface area contributed by atoms with E-state index in [-0.39, 0.29) is 0 Å². The first-order valence-electron chi connectivity index (χ1n) is 9.45. The van der Waals surface area contributed by atoms with Crippen LogP contribution in [-0.2, 0) is 4.74 Å². The Morgan fingerprint density at radius 1 is 1.20 bits per heavy atom. The summed E-state index contributed by atoms with van der Waals surface area (Å²) in [6.45, 7) is 16.1. The van der Waals surface area contributed by atoms with Gasteiger partial charge in [-0.25, -0.2) is 4.58 Å². The molecule has 0 aromatic heterocycles. The average Bonchev–Trinajstić information content (AvgIpc) is 2.60. The maximum atomic E-state index is 5.46. The van der Waals surface area contributed by atoms with Gasteiger partial charge in [-0.05, 0) is 57.4 Å². The number of benzene rings is 1. The molecule has 0 radical (unpaired) electrons. The third-order valence-corrected chi connectivity index (χ3v) is 4.70. The van der Waals surface area contributed by atoms with Gasteiger partial charge in [-0.2, -0.15) is 0 Å². The molecule has 2 heteroatoms. The zero-order chi connectivity index (χ0) is 19.0. The van der Waals surface area contributed by atoms with Crippen LogP contribution in [0.15, 0.2) is 36.6 Å². The van der Waals surface area contributed by atoms with Crippen LogP contribution in [0.2, 0.25) is 0 Å². The third-order valence-electron chi connectivity index (χ3n) is 4.70. The summed E-state index contributed by atoms with van der Waals surface area (Å²) in [6.07, 6.45) is 7.52. The second-order valence-electron chi connectivity index (χ2n) is 6.88. The van der Waals surface area contributed by atoms with E-state index < -0.39 is 0 Å². The summed E-state index contributed by atoms with van der Waals surface area (Å²) < 4.78 is 7.86. The van der Waals surface area contributed by atoms with Crippen LogP contribution in [0.25, 0.3) is 5.57 Å². The van der Waals surface area contributed by atoms with E-state index >= 15 is 0 Å². The quantitative estimate of drug-likeness (QED) is 0.416. The van der Waals surface area contributed by atoms with E-state index in [2.05, 4.69) is 89.6 Å². The van der Waals surface area contributed by atoms with Gasteiger partial charge in [0.2, 0.25) is 0 Å². The van der Waals surface area contributed by atoms with Crippen molar-refractivity contribution < 1.29 is 9.31 Å². The molecule has 1 aromatic rings. The Labute approximate surface area is 154 Å². The lowest BCUT2D eigenvalue weighted by atomic mass is 9.86. The number of methoxy groups -OCH3 is 1. The van der Waals surface area contributed by atoms with Crippen molar-refractivity contribution in [2.45, 2.75) is 66.8 Å². The molecular weight excluding hydrogens is 306 g/mol. The second-order valence-corrected chi connectivity index (χ2v) is 6.88. The number of hydrogen-bond donors (Lipinski definition) is 0. The van der Waals surface area contributed by atoms with Crippen molar-refractivity contribution in [2.24, 2.45) is 0 Å². The summed E-state index contributed by atoms with van der Waals surface area (Å²) in [6, 6.07) is 7.10. The van der Waals surface area contributed by atoms with E-state index in [1.165, 1.54) is 28.0 Å². The molecule has 0 spiro atoms. The van der Waals surface area contributed by atoms with Gasteiger partial charge in [0, 0.05) is 19.4 Å². The minimum absolute atomic E-state index is 0.353. The molecule has 138 valence electrons. The normalized spacial score (nSPS) is 15.0. The van der Waals surface area contributed by atoms with Crippen LogP contribution in [0.4, 0.5) is 0 Å². The minimum atomic E-state index is 0.353. The smallest absolute Gasteiger partial charge is 0.189 e. The van der Waals surface area contributed by atoms with Gasteiger partial charge in [-0.1, -0.05) is 38.1 Å². The van der Waals surface area contributed by atoms with Crippen molar-refractivity contribution in [2.75, 3.05) is 13.7 Å². The second kappa shape index (κ2) is 10.4. The van der Waals surface area contributed by atoms with E-state index in [1.54, 1.807) is 7.11 Å². The molecule has 0 bridgehead atoms. The molecule has 0 aliphatic carbocycles. The van der Waals surface area contributed by atoms with Gasteiger partial charge in [0.05, 0.1) is 12.2 Å². The highest BCUT2D eigenvalue weighted by Crippen LogP contribution is 2.29. The van der Waals surface area contributed by atoms with E-state index in [1.807, 2.05) is 0 Å². The van der Waals surface area contributed by atoms with Gasteiger partial charge in [0.15, 0.2) is 18.0 Å². The Hall–Kier alpha value is -1.67. The van der Waals surface area contributed by atoms with Gasteiger partial charge < -0.3 is 4.74 Å². The van der Waals surface area contributed by atoms with Crippen molar-refractivity contribution >= 4 is 11.3 Å². The molecule has 0 unspecified atom stereocenters. The van der Waals surface area contributed by atoms with Crippen LogP contribution in [0, 0.1) is 0 Å². The maximum absolute atomic E-state index is 5.46. The number of allylic oxidation sites excluding steroid dienone is 3. The Balaban J connectivity index is 3.86.